The summed E-state index contributed by atoms with van der Waals surface area (Å²) in [6.07, 6.45) is -0.739. The summed E-state index contributed by atoms with van der Waals surface area (Å²) in [4.78, 5) is 10.1. The number of non-ortho nitro benzene ring substituents is 1. The highest BCUT2D eigenvalue weighted by molar-refractivity contribution is 5.36. The van der Waals surface area contributed by atoms with E-state index in [4.69, 9.17) is 28.8 Å². The van der Waals surface area contributed by atoms with E-state index < -0.39 is 11.2 Å². The largest absolute Gasteiger partial charge is 0.462 e. The van der Waals surface area contributed by atoms with Crippen LogP contribution in [0, 0.1) is 10.1 Å². The molecule has 0 aromatic heterocycles. The lowest BCUT2D eigenvalue weighted by Gasteiger charge is -2.19. The molecule has 1 N–H and O–H groups in total. The van der Waals surface area contributed by atoms with Gasteiger partial charge < -0.3 is 28.8 Å². The molecule has 0 spiro atoms. The molecule has 1 rings (SSSR count). The van der Waals surface area contributed by atoms with E-state index in [0.717, 1.165) is 0 Å². The monoisotopic (exact) mass is 359 g/mol. The van der Waals surface area contributed by atoms with Crippen LogP contribution in [0.1, 0.15) is 6.92 Å². The van der Waals surface area contributed by atoms with Crippen molar-refractivity contribution >= 4 is 5.69 Å². The van der Waals surface area contributed by atoms with Gasteiger partial charge in [-0.25, -0.2) is 0 Å². The van der Waals surface area contributed by atoms with Gasteiger partial charge in [0.15, 0.2) is 0 Å². The van der Waals surface area contributed by atoms with Crippen molar-refractivity contribution in [3.05, 3.63) is 34.4 Å². The van der Waals surface area contributed by atoms with Crippen molar-refractivity contribution in [1.29, 1.82) is 0 Å². The fraction of sp³-hybridized carbons (Fsp3) is 0.625. The molecular weight excluding hydrogens is 334 g/mol. The van der Waals surface area contributed by atoms with E-state index in [1.165, 1.54) is 24.3 Å². The van der Waals surface area contributed by atoms with Gasteiger partial charge >= 0.3 is 0 Å². The van der Waals surface area contributed by atoms with Gasteiger partial charge in [-0.1, -0.05) is 0 Å². The summed E-state index contributed by atoms with van der Waals surface area (Å²) < 4.78 is 26.8. The van der Waals surface area contributed by atoms with E-state index in [-0.39, 0.29) is 25.5 Å². The lowest BCUT2D eigenvalue weighted by atomic mass is 10.3. The minimum absolute atomic E-state index is 0.0272. The topological polar surface area (TPSA) is 110 Å². The molecule has 0 aliphatic heterocycles. The van der Waals surface area contributed by atoms with E-state index in [1.54, 1.807) is 0 Å². The summed E-state index contributed by atoms with van der Waals surface area (Å²) in [5, 5.41) is 19.5. The Morgan fingerprint density at radius 2 is 1.68 bits per heavy atom. The molecule has 0 saturated heterocycles. The molecule has 142 valence electrons. The predicted molar refractivity (Wildman–Crippen MR) is 88.7 cm³/mol. The second-order valence-electron chi connectivity index (χ2n) is 4.78. The lowest BCUT2D eigenvalue weighted by molar-refractivity contribution is -0.384. The van der Waals surface area contributed by atoms with E-state index in [1.807, 2.05) is 6.92 Å². The van der Waals surface area contributed by atoms with Gasteiger partial charge in [0, 0.05) is 18.7 Å². The van der Waals surface area contributed by atoms with Crippen LogP contribution >= 0.6 is 0 Å². The Balaban J connectivity index is 2.31. The second-order valence-corrected chi connectivity index (χ2v) is 4.78. The fourth-order valence-electron chi connectivity index (χ4n) is 1.76. The highest BCUT2D eigenvalue weighted by atomic mass is 16.7. The molecule has 25 heavy (non-hydrogen) atoms. The van der Waals surface area contributed by atoms with Crippen LogP contribution in [0.4, 0.5) is 5.69 Å². The van der Waals surface area contributed by atoms with Crippen molar-refractivity contribution in [2.24, 2.45) is 0 Å². The van der Waals surface area contributed by atoms with Crippen molar-refractivity contribution in [3.63, 3.8) is 0 Å². The van der Waals surface area contributed by atoms with E-state index in [0.29, 0.717) is 38.8 Å². The Labute approximate surface area is 146 Å². The Hall–Kier alpha value is -1.78. The van der Waals surface area contributed by atoms with Gasteiger partial charge in [0.2, 0.25) is 6.29 Å². The summed E-state index contributed by atoms with van der Waals surface area (Å²) in [7, 11) is 0. The molecule has 0 bridgehead atoms. The molecule has 1 atom stereocenters. The van der Waals surface area contributed by atoms with E-state index in [9.17, 15) is 10.1 Å². The lowest BCUT2D eigenvalue weighted by Crippen LogP contribution is -2.28. The molecule has 0 heterocycles. The van der Waals surface area contributed by atoms with Crippen LogP contribution < -0.4 is 4.74 Å². The minimum atomic E-state index is -0.739. The first kappa shape index (κ1) is 21.3. The summed E-state index contributed by atoms with van der Waals surface area (Å²) in [5.74, 6) is 0.408. The highest BCUT2D eigenvalue weighted by Gasteiger charge is 2.13. The Bertz CT molecular complexity index is 468. The Morgan fingerprint density at radius 3 is 2.28 bits per heavy atom. The standard InChI is InChI=1S/C16H25NO8/c1-2-21-9-10-22-11-12-23-13-16(24-8-7-18)25-15-5-3-14(4-6-15)17(19)20/h3-6,16,18H,2,7-13H2,1H3. The van der Waals surface area contributed by atoms with Gasteiger partial charge in [0.1, 0.15) is 12.4 Å². The maximum absolute atomic E-state index is 10.6. The van der Waals surface area contributed by atoms with Crippen LogP contribution in [0.5, 0.6) is 5.75 Å². The van der Waals surface area contributed by atoms with Gasteiger partial charge in [-0.05, 0) is 19.1 Å². The van der Waals surface area contributed by atoms with E-state index in [2.05, 4.69) is 0 Å². The molecule has 9 nitrogen and oxygen atoms in total. The summed E-state index contributed by atoms with van der Waals surface area (Å²) >= 11 is 0. The SMILES string of the molecule is CCOCCOCCOCC(OCCO)Oc1ccc([N+](=O)[O-])cc1. The van der Waals surface area contributed by atoms with Crippen LogP contribution in [0.2, 0.25) is 0 Å². The molecule has 1 unspecified atom stereocenters. The molecule has 9 heteroatoms. The third kappa shape index (κ3) is 9.95. The van der Waals surface area contributed by atoms with Crippen LogP contribution in [-0.2, 0) is 18.9 Å². The minimum Gasteiger partial charge on any atom is -0.462 e. The quantitative estimate of drug-likeness (QED) is 0.216. The fourth-order valence-corrected chi connectivity index (χ4v) is 1.76. The molecule has 0 saturated carbocycles. The first-order valence-corrected chi connectivity index (χ1v) is 8.04. The average molecular weight is 359 g/mol. The Kier molecular flexibility index (Phi) is 11.5. The molecule has 0 aliphatic carbocycles. The maximum Gasteiger partial charge on any atom is 0.269 e. The molecule has 1 aromatic rings. The van der Waals surface area contributed by atoms with Crippen molar-refractivity contribution in [2.75, 3.05) is 52.9 Å². The van der Waals surface area contributed by atoms with Crippen molar-refractivity contribution in [3.8, 4) is 5.75 Å². The number of benzene rings is 1. The number of nitro benzene ring substituents is 1. The highest BCUT2D eigenvalue weighted by Crippen LogP contribution is 2.18. The summed E-state index contributed by atoms with van der Waals surface area (Å²) in [6, 6.07) is 5.63. The van der Waals surface area contributed by atoms with Gasteiger partial charge in [0.05, 0.1) is 44.6 Å². The smallest absolute Gasteiger partial charge is 0.269 e. The first-order valence-electron chi connectivity index (χ1n) is 8.04. The number of aliphatic hydroxyl groups is 1. The second kappa shape index (κ2) is 13.5. The number of hydrogen-bond acceptors (Lipinski definition) is 8. The average Bonchev–Trinajstić information content (AvgIpc) is 2.62. The summed E-state index contributed by atoms with van der Waals surface area (Å²) in [6.45, 7) is 4.46. The molecule has 0 radical (unpaired) electrons. The number of nitro groups is 1. The molecule has 1 aromatic carbocycles. The zero-order valence-electron chi connectivity index (χ0n) is 14.3. The zero-order valence-corrected chi connectivity index (χ0v) is 14.3. The normalized spacial score (nSPS) is 12.1. The van der Waals surface area contributed by atoms with Gasteiger partial charge in [0.25, 0.3) is 5.69 Å². The van der Waals surface area contributed by atoms with Gasteiger partial charge in [-0.15, -0.1) is 0 Å². The molecular formula is C16H25NO8. The molecule has 0 fully saturated rings. The van der Waals surface area contributed by atoms with Crippen molar-refractivity contribution < 1.29 is 33.7 Å². The number of ether oxygens (including phenoxy) is 5. The van der Waals surface area contributed by atoms with Crippen LogP contribution in [0.3, 0.4) is 0 Å². The number of rotatable bonds is 15. The third-order valence-electron chi connectivity index (χ3n) is 2.91. The predicted octanol–water partition coefficient (Wildman–Crippen LogP) is 1.38. The van der Waals surface area contributed by atoms with Crippen LogP contribution in [0.25, 0.3) is 0 Å². The number of nitrogens with zero attached hydrogens (tertiary/aromatic N) is 1. The van der Waals surface area contributed by atoms with Crippen LogP contribution in [0.15, 0.2) is 24.3 Å². The summed E-state index contributed by atoms with van der Waals surface area (Å²) in [5.41, 5.74) is -0.0272. The molecule has 0 amide bonds. The van der Waals surface area contributed by atoms with E-state index >= 15 is 0 Å². The third-order valence-corrected chi connectivity index (χ3v) is 2.91. The number of hydrogen-bond donors (Lipinski definition) is 1. The van der Waals surface area contributed by atoms with Gasteiger partial charge in [-0.3, -0.25) is 10.1 Å². The van der Waals surface area contributed by atoms with Gasteiger partial charge in [-0.2, -0.15) is 0 Å². The zero-order chi connectivity index (χ0) is 18.3. The van der Waals surface area contributed by atoms with Crippen molar-refractivity contribution in [2.45, 2.75) is 13.2 Å². The maximum atomic E-state index is 10.6. The van der Waals surface area contributed by atoms with Crippen molar-refractivity contribution in [1.82, 2.24) is 0 Å². The first-order chi connectivity index (χ1) is 12.2. The molecule has 0 aliphatic rings. The van der Waals surface area contributed by atoms with Crippen LogP contribution in [-0.4, -0.2) is 69.2 Å². The Morgan fingerprint density at radius 1 is 1.04 bits per heavy atom. The number of aliphatic hydroxyl groups excluding tert-OH is 1.